The van der Waals surface area contributed by atoms with E-state index in [-0.39, 0.29) is 4.90 Å². The van der Waals surface area contributed by atoms with Crippen LogP contribution in [0.3, 0.4) is 0 Å². The first-order valence-electron chi connectivity index (χ1n) is 8.81. The van der Waals surface area contributed by atoms with E-state index in [9.17, 15) is 8.42 Å². The third kappa shape index (κ3) is 8.45. The van der Waals surface area contributed by atoms with Gasteiger partial charge in [-0.25, -0.2) is 0 Å². The summed E-state index contributed by atoms with van der Waals surface area (Å²) >= 11 is 6.82. The van der Waals surface area contributed by atoms with Crippen LogP contribution in [-0.4, -0.2) is 13.0 Å². The summed E-state index contributed by atoms with van der Waals surface area (Å²) in [7, 11) is -4.17. The van der Waals surface area contributed by atoms with Gasteiger partial charge in [0, 0.05) is 8.95 Å². The van der Waals surface area contributed by atoms with Crippen molar-refractivity contribution < 1.29 is 13.0 Å². The largest absolute Gasteiger partial charge is 0.294 e. The first kappa shape index (κ1) is 22.1. The lowest BCUT2D eigenvalue weighted by Gasteiger charge is -2.09. The fourth-order valence-corrected chi connectivity index (χ4v) is 5.18. The minimum absolute atomic E-state index is 0.0897. The monoisotopic (exact) mass is 482 g/mol. The second-order valence-electron chi connectivity index (χ2n) is 6.27. The number of unbranched alkanes of at least 4 members (excludes halogenated alkanes) is 9. The van der Waals surface area contributed by atoms with Crippen molar-refractivity contribution in [1.82, 2.24) is 0 Å². The molecule has 138 valence electrons. The zero-order valence-corrected chi connectivity index (χ0v) is 18.3. The number of benzene rings is 1. The second-order valence-corrected chi connectivity index (χ2v) is 9.40. The summed E-state index contributed by atoms with van der Waals surface area (Å²) in [5, 5.41) is 0. The fourth-order valence-electron chi connectivity index (χ4n) is 2.76. The van der Waals surface area contributed by atoms with Crippen molar-refractivity contribution in [2.24, 2.45) is 0 Å². The van der Waals surface area contributed by atoms with Crippen LogP contribution >= 0.6 is 31.9 Å². The maximum Gasteiger partial charge on any atom is 0.294 e. The molecule has 1 aromatic carbocycles. The van der Waals surface area contributed by atoms with E-state index in [4.69, 9.17) is 4.55 Å². The van der Waals surface area contributed by atoms with E-state index < -0.39 is 10.1 Å². The molecule has 1 rings (SSSR count). The van der Waals surface area contributed by atoms with Gasteiger partial charge in [-0.15, -0.1) is 0 Å². The number of hydrogen-bond acceptors (Lipinski definition) is 2. The molecule has 0 amide bonds. The molecule has 1 N–H and O–H groups in total. The molecule has 0 saturated heterocycles. The first-order valence-corrected chi connectivity index (χ1v) is 11.8. The number of halogens is 2. The molecule has 6 heteroatoms. The lowest BCUT2D eigenvalue weighted by atomic mass is 10.0. The lowest BCUT2D eigenvalue weighted by Crippen LogP contribution is -2.00. The Morgan fingerprint density at radius 3 is 1.67 bits per heavy atom. The Kier molecular flexibility index (Phi) is 10.7. The molecular formula is C18H28Br2O3S. The molecular weight excluding hydrogens is 456 g/mol. The molecule has 0 bridgehead atoms. The van der Waals surface area contributed by atoms with Gasteiger partial charge in [0.15, 0.2) is 0 Å². The van der Waals surface area contributed by atoms with Crippen molar-refractivity contribution in [2.75, 3.05) is 0 Å². The van der Waals surface area contributed by atoms with Crippen LogP contribution in [0.4, 0.5) is 0 Å². The van der Waals surface area contributed by atoms with E-state index in [0.717, 1.165) is 27.4 Å². The van der Waals surface area contributed by atoms with Crippen molar-refractivity contribution >= 4 is 42.0 Å². The summed E-state index contributed by atoms with van der Waals surface area (Å²) in [5.74, 6) is 0. The van der Waals surface area contributed by atoms with Crippen LogP contribution in [0.1, 0.15) is 76.7 Å². The van der Waals surface area contributed by atoms with E-state index >= 15 is 0 Å². The van der Waals surface area contributed by atoms with Crippen molar-refractivity contribution in [3.63, 3.8) is 0 Å². The summed E-state index contributed by atoms with van der Waals surface area (Å²) in [6.45, 7) is 2.24. The molecule has 1 aromatic rings. The van der Waals surface area contributed by atoms with Crippen LogP contribution in [-0.2, 0) is 16.5 Å². The van der Waals surface area contributed by atoms with Crippen molar-refractivity contribution in [2.45, 2.75) is 82.4 Å². The Bertz CT molecular complexity index is 577. The Balaban J connectivity index is 2.29. The van der Waals surface area contributed by atoms with Gasteiger partial charge in [0.25, 0.3) is 10.1 Å². The Morgan fingerprint density at radius 1 is 0.833 bits per heavy atom. The van der Waals surface area contributed by atoms with Crippen LogP contribution in [0.5, 0.6) is 0 Å². The summed E-state index contributed by atoms with van der Waals surface area (Å²) in [5.41, 5.74) is 1.06. The molecule has 0 aliphatic rings. The number of rotatable bonds is 12. The summed E-state index contributed by atoms with van der Waals surface area (Å²) < 4.78 is 33.0. The lowest BCUT2D eigenvalue weighted by molar-refractivity contribution is 0.483. The first-order chi connectivity index (χ1) is 11.4. The van der Waals surface area contributed by atoms with Gasteiger partial charge in [-0.2, -0.15) is 8.42 Å². The van der Waals surface area contributed by atoms with Crippen LogP contribution < -0.4 is 0 Å². The van der Waals surface area contributed by atoms with E-state index in [0.29, 0.717) is 0 Å². The van der Waals surface area contributed by atoms with E-state index in [2.05, 4.69) is 38.8 Å². The van der Waals surface area contributed by atoms with E-state index in [1.807, 2.05) is 0 Å². The van der Waals surface area contributed by atoms with E-state index in [1.54, 1.807) is 0 Å². The molecule has 0 atom stereocenters. The van der Waals surface area contributed by atoms with Gasteiger partial charge in [-0.1, -0.05) is 96.6 Å². The highest BCUT2D eigenvalue weighted by atomic mass is 79.9. The molecule has 0 unspecified atom stereocenters. The average Bonchev–Trinajstić information content (AvgIpc) is 2.50. The zero-order chi connectivity index (χ0) is 18.0. The Labute approximate surface area is 163 Å². The van der Waals surface area contributed by atoms with Crippen molar-refractivity contribution in [3.05, 3.63) is 26.6 Å². The third-order valence-corrected chi connectivity index (χ3v) is 6.44. The van der Waals surface area contributed by atoms with Crippen LogP contribution in [0.25, 0.3) is 0 Å². The molecule has 0 aliphatic carbocycles. The second kappa shape index (κ2) is 11.7. The summed E-state index contributed by atoms with van der Waals surface area (Å²) in [4.78, 5) is -0.0897. The van der Waals surface area contributed by atoms with Gasteiger partial charge < -0.3 is 0 Å². The van der Waals surface area contributed by atoms with E-state index in [1.165, 1.54) is 69.9 Å². The molecule has 0 radical (unpaired) electrons. The van der Waals surface area contributed by atoms with Gasteiger partial charge >= 0.3 is 0 Å². The maximum atomic E-state index is 11.2. The summed E-state index contributed by atoms with van der Waals surface area (Å²) in [6.07, 6.45) is 13.8. The van der Waals surface area contributed by atoms with Crippen molar-refractivity contribution in [1.29, 1.82) is 0 Å². The normalized spacial score (nSPS) is 11.8. The molecule has 0 aromatic heterocycles. The molecule has 3 nitrogen and oxygen atoms in total. The predicted octanol–water partition coefficient (Wildman–Crippen LogP) is 6.92. The van der Waals surface area contributed by atoms with Gasteiger partial charge in [0.05, 0.1) is 4.90 Å². The highest BCUT2D eigenvalue weighted by Crippen LogP contribution is 2.30. The Morgan fingerprint density at radius 2 is 1.25 bits per heavy atom. The SMILES string of the molecule is CCCCCCCCCCCCc1c(Br)cc(S(=O)(=O)O)cc1Br. The molecule has 0 heterocycles. The highest BCUT2D eigenvalue weighted by Gasteiger charge is 2.15. The Hall–Kier alpha value is 0.0900. The van der Waals surface area contributed by atoms with Crippen LogP contribution in [0, 0.1) is 0 Å². The van der Waals surface area contributed by atoms with Crippen LogP contribution in [0.15, 0.2) is 26.0 Å². The van der Waals surface area contributed by atoms with Gasteiger partial charge in [0.1, 0.15) is 0 Å². The fraction of sp³-hybridized carbons (Fsp3) is 0.667. The minimum Gasteiger partial charge on any atom is -0.282 e. The standard InChI is InChI=1S/C18H28Br2O3S/c1-2-3-4-5-6-7-8-9-10-11-12-16-17(19)13-15(14-18(16)20)24(21,22)23/h13-14H,2-12H2,1H3,(H,21,22,23). The van der Waals surface area contributed by atoms with Gasteiger partial charge in [-0.3, -0.25) is 4.55 Å². The quantitative estimate of drug-likeness (QED) is 0.259. The van der Waals surface area contributed by atoms with Crippen molar-refractivity contribution in [3.8, 4) is 0 Å². The minimum atomic E-state index is -4.17. The molecule has 0 fully saturated rings. The smallest absolute Gasteiger partial charge is 0.282 e. The zero-order valence-electron chi connectivity index (χ0n) is 14.4. The maximum absolute atomic E-state index is 11.2. The van der Waals surface area contributed by atoms with Crippen LogP contribution in [0.2, 0.25) is 0 Å². The molecule has 24 heavy (non-hydrogen) atoms. The molecule has 0 saturated carbocycles. The predicted molar refractivity (Wildman–Crippen MR) is 107 cm³/mol. The topological polar surface area (TPSA) is 54.4 Å². The summed E-state index contributed by atoms with van der Waals surface area (Å²) in [6, 6.07) is 2.93. The molecule has 0 spiro atoms. The third-order valence-electron chi connectivity index (χ3n) is 4.19. The molecule has 0 aliphatic heterocycles. The van der Waals surface area contributed by atoms with Gasteiger partial charge in [0.2, 0.25) is 0 Å². The van der Waals surface area contributed by atoms with Gasteiger partial charge in [-0.05, 0) is 30.5 Å². The average molecular weight is 484 g/mol. The number of hydrogen-bond donors (Lipinski definition) is 1. The highest BCUT2D eigenvalue weighted by molar-refractivity contribution is 9.11.